The first-order chi connectivity index (χ1) is 8.49. The molecule has 0 N–H and O–H groups in total. The lowest BCUT2D eigenvalue weighted by molar-refractivity contribution is 0.560. The second kappa shape index (κ2) is 5.10. The molecule has 1 aromatic heterocycles. The molecule has 1 heterocycles. The van der Waals surface area contributed by atoms with Gasteiger partial charge in [0, 0.05) is 22.9 Å². The highest BCUT2D eigenvalue weighted by atomic mass is 79.9. The van der Waals surface area contributed by atoms with Crippen molar-refractivity contribution in [2.75, 3.05) is 0 Å². The van der Waals surface area contributed by atoms with Gasteiger partial charge in [-0.1, -0.05) is 22.0 Å². The Labute approximate surface area is 113 Å². The predicted molar refractivity (Wildman–Crippen MR) is 72.3 cm³/mol. The molecule has 0 radical (unpaired) electrons. The summed E-state index contributed by atoms with van der Waals surface area (Å²) in [4.78, 5) is 12.0. The average Bonchev–Trinajstić information content (AvgIpc) is 2.64. The molecule has 18 heavy (non-hydrogen) atoms. The Morgan fingerprint density at radius 2 is 2.06 bits per heavy atom. The lowest BCUT2D eigenvalue weighted by atomic mass is 10.2. The van der Waals surface area contributed by atoms with Crippen LogP contribution in [0.25, 0.3) is 0 Å². The van der Waals surface area contributed by atoms with E-state index in [9.17, 15) is 9.18 Å². The van der Waals surface area contributed by atoms with E-state index >= 15 is 0 Å². The molecule has 3 nitrogen and oxygen atoms in total. The normalized spacial score (nSPS) is 11.2. The molecule has 0 aliphatic rings. The summed E-state index contributed by atoms with van der Waals surface area (Å²) < 4.78 is 16.9. The van der Waals surface area contributed by atoms with Gasteiger partial charge in [0.05, 0.1) is 6.54 Å². The van der Waals surface area contributed by atoms with Crippen LogP contribution in [0.15, 0.2) is 39.9 Å². The number of hydrogen-bond acceptors (Lipinski definition) is 1. The van der Waals surface area contributed by atoms with Crippen LogP contribution in [0.1, 0.15) is 25.5 Å². The summed E-state index contributed by atoms with van der Waals surface area (Å²) in [6.07, 6.45) is 3.52. The molecule has 0 amide bonds. The van der Waals surface area contributed by atoms with Crippen LogP contribution >= 0.6 is 15.9 Å². The second-order valence-electron chi connectivity index (χ2n) is 4.45. The van der Waals surface area contributed by atoms with Crippen molar-refractivity contribution < 1.29 is 4.39 Å². The molecule has 0 spiro atoms. The number of hydrogen-bond donors (Lipinski definition) is 0. The zero-order valence-electron chi connectivity index (χ0n) is 10.2. The Bertz CT molecular complexity index is 616. The summed E-state index contributed by atoms with van der Waals surface area (Å²) in [7, 11) is 0. The van der Waals surface area contributed by atoms with Crippen molar-refractivity contribution >= 4 is 15.9 Å². The van der Waals surface area contributed by atoms with Crippen molar-refractivity contribution in [2.24, 2.45) is 0 Å². The van der Waals surface area contributed by atoms with Crippen LogP contribution in [-0.4, -0.2) is 9.13 Å². The van der Waals surface area contributed by atoms with Crippen molar-refractivity contribution in [3.05, 3.63) is 56.9 Å². The van der Waals surface area contributed by atoms with Crippen LogP contribution < -0.4 is 5.69 Å². The lowest BCUT2D eigenvalue weighted by Crippen LogP contribution is -2.25. The summed E-state index contributed by atoms with van der Waals surface area (Å²) in [6.45, 7) is 4.35. The molecule has 0 unspecified atom stereocenters. The van der Waals surface area contributed by atoms with Crippen molar-refractivity contribution in [2.45, 2.75) is 26.4 Å². The Morgan fingerprint density at radius 3 is 2.61 bits per heavy atom. The highest BCUT2D eigenvalue weighted by Crippen LogP contribution is 2.18. The van der Waals surface area contributed by atoms with Gasteiger partial charge >= 0.3 is 5.69 Å². The van der Waals surface area contributed by atoms with Crippen LogP contribution in [0.4, 0.5) is 4.39 Å². The minimum absolute atomic E-state index is 0.0544. The Morgan fingerprint density at radius 1 is 1.33 bits per heavy atom. The molecule has 0 bridgehead atoms. The fourth-order valence-corrected chi connectivity index (χ4v) is 2.25. The maximum absolute atomic E-state index is 13.0. The standard InChI is InChI=1S/C13H14BrFN2O/c1-9(2)17-6-5-16(13(17)18)8-10-3-4-11(15)7-12(10)14/h3-7,9H,8H2,1-2H3. The maximum Gasteiger partial charge on any atom is 0.328 e. The number of halogens is 2. The number of imidazole rings is 1. The Hall–Kier alpha value is -1.36. The molecule has 0 aliphatic carbocycles. The molecule has 1 aromatic carbocycles. The van der Waals surface area contributed by atoms with Crippen LogP contribution in [0, 0.1) is 5.82 Å². The molecular weight excluding hydrogens is 299 g/mol. The van der Waals surface area contributed by atoms with E-state index in [1.54, 1.807) is 27.6 Å². The zero-order chi connectivity index (χ0) is 13.3. The van der Waals surface area contributed by atoms with E-state index in [4.69, 9.17) is 0 Å². The van der Waals surface area contributed by atoms with Gasteiger partial charge < -0.3 is 0 Å². The highest BCUT2D eigenvalue weighted by molar-refractivity contribution is 9.10. The third kappa shape index (κ3) is 2.56. The van der Waals surface area contributed by atoms with Gasteiger partial charge in [-0.05, 0) is 31.5 Å². The highest BCUT2D eigenvalue weighted by Gasteiger charge is 2.08. The summed E-state index contributed by atoms with van der Waals surface area (Å²) in [5, 5.41) is 0. The summed E-state index contributed by atoms with van der Waals surface area (Å²) >= 11 is 3.30. The minimum Gasteiger partial charge on any atom is -0.297 e. The maximum atomic E-state index is 13.0. The first kappa shape index (κ1) is 13.1. The molecule has 0 saturated heterocycles. The predicted octanol–water partition coefficient (Wildman–Crippen LogP) is 3.18. The smallest absolute Gasteiger partial charge is 0.297 e. The number of aromatic nitrogens is 2. The molecule has 2 aromatic rings. The fraction of sp³-hybridized carbons (Fsp3) is 0.308. The van der Waals surface area contributed by atoms with Crippen LogP contribution in [0.5, 0.6) is 0 Å². The van der Waals surface area contributed by atoms with Crippen LogP contribution in [0.3, 0.4) is 0 Å². The van der Waals surface area contributed by atoms with Crippen molar-refractivity contribution in [3.8, 4) is 0 Å². The Balaban J connectivity index is 2.32. The number of nitrogens with zero attached hydrogens (tertiary/aromatic N) is 2. The topological polar surface area (TPSA) is 26.9 Å². The number of rotatable bonds is 3. The molecular formula is C13H14BrFN2O. The first-order valence-electron chi connectivity index (χ1n) is 5.70. The quantitative estimate of drug-likeness (QED) is 0.855. The van der Waals surface area contributed by atoms with Crippen molar-refractivity contribution in [1.29, 1.82) is 0 Å². The van der Waals surface area contributed by atoms with Crippen molar-refractivity contribution in [1.82, 2.24) is 9.13 Å². The van der Waals surface area contributed by atoms with E-state index in [1.165, 1.54) is 12.1 Å². The van der Waals surface area contributed by atoms with Gasteiger partial charge in [-0.3, -0.25) is 9.13 Å². The van der Waals surface area contributed by atoms with Gasteiger partial charge in [-0.25, -0.2) is 9.18 Å². The zero-order valence-corrected chi connectivity index (χ0v) is 11.8. The van der Waals surface area contributed by atoms with Gasteiger partial charge in [0.1, 0.15) is 5.82 Å². The molecule has 2 rings (SSSR count). The van der Waals surface area contributed by atoms with Gasteiger partial charge in [0.25, 0.3) is 0 Å². The first-order valence-corrected chi connectivity index (χ1v) is 6.49. The third-order valence-corrected chi connectivity index (χ3v) is 3.52. The molecule has 0 aliphatic heterocycles. The van der Waals surface area contributed by atoms with Gasteiger partial charge in [0.2, 0.25) is 0 Å². The van der Waals surface area contributed by atoms with Gasteiger partial charge in [-0.15, -0.1) is 0 Å². The largest absolute Gasteiger partial charge is 0.328 e. The monoisotopic (exact) mass is 312 g/mol. The van der Waals surface area contributed by atoms with E-state index in [0.717, 1.165) is 5.56 Å². The molecule has 5 heteroatoms. The third-order valence-electron chi connectivity index (χ3n) is 2.79. The van der Waals surface area contributed by atoms with Gasteiger partial charge in [-0.2, -0.15) is 0 Å². The van der Waals surface area contributed by atoms with E-state index in [-0.39, 0.29) is 17.5 Å². The summed E-state index contributed by atoms with van der Waals surface area (Å²) in [6, 6.07) is 4.61. The SMILES string of the molecule is CC(C)n1ccn(Cc2ccc(F)cc2Br)c1=O. The molecule has 0 fully saturated rings. The molecule has 0 atom stereocenters. The van der Waals surface area contributed by atoms with E-state index in [1.807, 2.05) is 13.8 Å². The summed E-state index contributed by atoms with van der Waals surface area (Å²) in [5.74, 6) is -0.294. The minimum atomic E-state index is -0.294. The fourth-order valence-electron chi connectivity index (χ4n) is 1.77. The average molecular weight is 313 g/mol. The molecule has 0 saturated carbocycles. The van der Waals surface area contributed by atoms with Gasteiger partial charge in [0.15, 0.2) is 0 Å². The van der Waals surface area contributed by atoms with E-state index < -0.39 is 0 Å². The lowest BCUT2D eigenvalue weighted by Gasteiger charge is -2.06. The number of benzene rings is 1. The van der Waals surface area contributed by atoms with Crippen molar-refractivity contribution in [3.63, 3.8) is 0 Å². The second-order valence-corrected chi connectivity index (χ2v) is 5.30. The van der Waals surface area contributed by atoms with Crippen LogP contribution in [-0.2, 0) is 6.54 Å². The van der Waals surface area contributed by atoms with Crippen LogP contribution in [0.2, 0.25) is 0 Å². The van der Waals surface area contributed by atoms with E-state index in [0.29, 0.717) is 11.0 Å². The summed E-state index contributed by atoms with van der Waals surface area (Å²) in [5.41, 5.74) is 0.821. The Kier molecular flexibility index (Phi) is 3.71. The molecule has 96 valence electrons. The van der Waals surface area contributed by atoms with E-state index in [2.05, 4.69) is 15.9 Å².